The molecule has 2 aliphatic rings. The average Bonchev–Trinajstić information content (AvgIpc) is 2.60. The number of primary amides is 1. The lowest BCUT2D eigenvalue weighted by atomic mass is 9.62. The number of nitrogens with zero attached hydrogens (tertiary/aromatic N) is 2. The van der Waals surface area contributed by atoms with Crippen LogP contribution in [0.15, 0.2) is 18.3 Å². The van der Waals surface area contributed by atoms with Crippen LogP contribution in [0, 0.1) is 11.8 Å². The molecule has 2 fully saturated rings. The van der Waals surface area contributed by atoms with E-state index in [1.54, 1.807) is 6.20 Å². The fourth-order valence-corrected chi connectivity index (χ4v) is 5.16. The summed E-state index contributed by atoms with van der Waals surface area (Å²) in [6.07, 6.45) is 7.72. The largest absolute Gasteiger partial charge is 0.373 e. The second kappa shape index (κ2) is 7.42. The van der Waals surface area contributed by atoms with Gasteiger partial charge in [-0.3, -0.25) is 14.7 Å². The van der Waals surface area contributed by atoms with Crippen molar-refractivity contribution in [2.45, 2.75) is 57.6 Å². The third-order valence-corrected chi connectivity index (χ3v) is 6.36. The number of hydrogen-bond donors (Lipinski definition) is 1. The first-order valence-corrected chi connectivity index (χ1v) is 9.58. The van der Waals surface area contributed by atoms with Gasteiger partial charge in [0.15, 0.2) is 0 Å². The number of carbonyl (C=O) groups excluding carboxylic acids is 1. The lowest BCUT2D eigenvalue weighted by molar-refractivity contribution is -0.173. The number of amides is 1. The molecule has 1 aliphatic carbocycles. The van der Waals surface area contributed by atoms with Crippen LogP contribution < -0.4 is 5.73 Å². The first kappa shape index (κ1) is 18.3. The van der Waals surface area contributed by atoms with Gasteiger partial charge in [0.2, 0.25) is 0 Å². The maximum absolute atomic E-state index is 11.6. The standard InChI is InChI=1S/C20H31N3O2/c1-4-6-14(2)23-12-16-7-5-8-17(13-23)20(16,25-3)15-9-10-22-18(11-15)19(21)24/h9-11,14,16-17H,4-8,12-13H2,1-3H3,(H2,21,24)/t14-,16-,17?,20?/m0/s1. The highest BCUT2D eigenvalue weighted by atomic mass is 16.5. The van der Waals surface area contributed by atoms with Gasteiger partial charge in [-0.25, -0.2) is 0 Å². The third-order valence-electron chi connectivity index (χ3n) is 6.36. The summed E-state index contributed by atoms with van der Waals surface area (Å²) in [6, 6.07) is 4.47. The molecule has 2 heterocycles. The Hall–Kier alpha value is -1.46. The van der Waals surface area contributed by atoms with Crippen molar-refractivity contribution < 1.29 is 9.53 Å². The molecule has 1 saturated carbocycles. The van der Waals surface area contributed by atoms with Gasteiger partial charge in [0.25, 0.3) is 5.91 Å². The molecule has 0 aromatic carbocycles. The Morgan fingerprint density at radius 1 is 1.44 bits per heavy atom. The number of likely N-dealkylation sites (tertiary alicyclic amines) is 1. The van der Waals surface area contributed by atoms with E-state index in [1.165, 1.54) is 19.3 Å². The number of nitrogens with two attached hydrogens (primary N) is 1. The van der Waals surface area contributed by atoms with Gasteiger partial charge in [0.05, 0.1) is 0 Å². The summed E-state index contributed by atoms with van der Waals surface area (Å²) < 4.78 is 6.25. The van der Waals surface area contributed by atoms with Crippen LogP contribution in [0.5, 0.6) is 0 Å². The van der Waals surface area contributed by atoms with Gasteiger partial charge < -0.3 is 10.5 Å². The molecule has 3 rings (SSSR count). The van der Waals surface area contributed by atoms with Crippen LogP contribution in [0.25, 0.3) is 0 Å². The van der Waals surface area contributed by atoms with Gasteiger partial charge >= 0.3 is 0 Å². The molecule has 0 spiro atoms. The van der Waals surface area contributed by atoms with E-state index in [9.17, 15) is 4.79 Å². The Balaban J connectivity index is 1.96. The van der Waals surface area contributed by atoms with E-state index in [1.807, 2.05) is 19.2 Å². The predicted octanol–water partition coefficient (Wildman–Crippen LogP) is 2.94. The predicted molar refractivity (Wildman–Crippen MR) is 98.2 cm³/mol. The molecular weight excluding hydrogens is 314 g/mol. The molecule has 138 valence electrons. The topological polar surface area (TPSA) is 68.4 Å². The van der Waals surface area contributed by atoms with E-state index in [0.717, 1.165) is 31.5 Å². The van der Waals surface area contributed by atoms with Crippen molar-refractivity contribution in [1.82, 2.24) is 9.88 Å². The van der Waals surface area contributed by atoms with Crippen LogP contribution in [-0.2, 0) is 10.3 Å². The summed E-state index contributed by atoms with van der Waals surface area (Å²) >= 11 is 0. The van der Waals surface area contributed by atoms with Gasteiger partial charge in [-0.05, 0) is 43.9 Å². The van der Waals surface area contributed by atoms with Crippen LogP contribution in [0.3, 0.4) is 0 Å². The van der Waals surface area contributed by atoms with Gasteiger partial charge in [-0.2, -0.15) is 0 Å². The van der Waals surface area contributed by atoms with E-state index >= 15 is 0 Å². The molecule has 2 bridgehead atoms. The minimum atomic E-state index is -0.479. The number of ether oxygens (including phenoxy) is 1. The Morgan fingerprint density at radius 3 is 2.68 bits per heavy atom. The zero-order valence-electron chi connectivity index (χ0n) is 15.7. The second-order valence-corrected chi connectivity index (χ2v) is 7.71. The number of methoxy groups -OCH3 is 1. The minimum absolute atomic E-state index is 0.326. The third kappa shape index (κ3) is 3.20. The SMILES string of the molecule is CCC[C@H](C)N1CC2CCC[C@@H](C1)C2(OC)c1ccnc(C(N)=O)c1. The molecule has 1 aromatic rings. The van der Waals surface area contributed by atoms with Crippen molar-refractivity contribution in [3.63, 3.8) is 0 Å². The fourth-order valence-electron chi connectivity index (χ4n) is 5.16. The van der Waals surface area contributed by atoms with Crippen LogP contribution in [0.2, 0.25) is 0 Å². The van der Waals surface area contributed by atoms with Crippen molar-refractivity contribution >= 4 is 5.91 Å². The Morgan fingerprint density at radius 2 is 2.12 bits per heavy atom. The van der Waals surface area contributed by atoms with Gasteiger partial charge in [0.1, 0.15) is 11.3 Å². The maximum atomic E-state index is 11.6. The zero-order chi connectivity index (χ0) is 18.0. The van der Waals surface area contributed by atoms with Gasteiger partial charge in [0, 0.05) is 44.3 Å². The van der Waals surface area contributed by atoms with E-state index < -0.39 is 5.91 Å². The number of carbonyl (C=O) groups is 1. The van der Waals surface area contributed by atoms with Crippen molar-refractivity contribution in [2.75, 3.05) is 20.2 Å². The number of aromatic nitrogens is 1. The molecule has 1 saturated heterocycles. The first-order valence-electron chi connectivity index (χ1n) is 9.58. The molecule has 2 N–H and O–H groups in total. The van der Waals surface area contributed by atoms with Gasteiger partial charge in [-0.1, -0.05) is 19.8 Å². The number of fused-ring (bicyclic) bond motifs is 2. The summed E-state index contributed by atoms with van der Waals surface area (Å²) in [5.41, 5.74) is 6.53. The number of rotatable bonds is 6. The molecule has 5 heteroatoms. The molecule has 0 radical (unpaired) electrons. The van der Waals surface area contributed by atoms with Crippen LogP contribution in [0.4, 0.5) is 0 Å². The lowest BCUT2D eigenvalue weighted by Gasteiger charge is -2.56. The second-order valence-electron chi connectivity index (χ2n) is 7.71. The highest BCUT2D eigenvalue weighted by molar-refractivity contribution is 5.90. The molecule has 2 unspecified atom stereocenters. The van der Waals surface area contributed by atoms with Crippen molar-refractivity contribution in [2.24, 2.45) is 17.6 Å². The number of pyridine rings is 1. The Bertz CT molecular complexity index is 605. The smallest absolute Gasteiger partial charge is 0.267 e. The zero-order valence-corrected chi connectivity index (χ0v) is 15.7. The highest BCUT2D eigenvalue weighted by Gasteiger charge is 2.53. The molecule has 1 amide bonds. The minimum Gasteiger partial charge on any atom is -0.373 e. The summed E-state index contributed by atoms with van der Waals surface area (Å²) in [4.78, 5) is 18.4. The van der Waals surface area contributed by atoms with Crippen LogP contribution in [-0.4, -0.2) is 42.0 Å². The monoisotopic (exact) mass is 345 g/mol. The van der Waals surface area contributed by atoms with E-state index in [-0.39, 0.29) is 5.60 Å². The highest BCUT2D eigenvalue weighted by Crippen LogP contribution is 2.51. The first-order chi connectivity index (χ1) is 12.0. The van der Waals surface area contributed by atoms with E-state index in [4.69, 9.17) is 10.5 Å². The van der Waals surface area contributed by atoms with Crippen molar-refractivity contribution in [3.8, 4) is 0 Å². The summed E-state index contributed by atoms with van der Waals surface area (Å²) in [5.74, 6) is 0.395. The number of hydrogen-bond acceptors (Lipinski definition) is 4. The molecule has 4 atom stereocenters. The summed E-state index contributed by atoms with van der Waals surface area (Å²) in [7, 11) is 1.82. The maximum Gasteiger partial charge on any atom is 0.267 e. The molecule has 1 aromatic heterocycles. The van der Waals surface area contributed by atoms with Crippen molar-refractivity contribution in [1.29, 1.82) is 0 Å². The quantitative estimate of drug-likeness (QED) is 0.861. The molecule has 1 aliphatic heterocycles. The molecular formula is C20H31N3O2. The van der Waals surface area contributed by atoms with Gasteiger partial charge in [-0.15, -0.1) is 0 Å². The number of piperidine rings is 1. The molecule has 25 heavy (non-hydrogen) atoms. The summed E-state index contributed by atoms with van der Waals surface area (Å²) in [6.45, 7) is 6.71. The van der Waals surface area contributed by atoms with E-state index in [2.05, 4.69) is 23.7 Å². The van der Waals surface area contributed by atoms with E-state index in [0.29, 0.717) is 23.6 Å². The Kier molecular flexibility index (Phi) is 5.44. The average molecular weight is 345 g/mol. The fraction of sp³-hybridized carbons (Fsp3) is 0.700. The Labute approximate surface area is 150 Å². The normalized spacial score (nSPS) is 30.8. The van der Waals surface area contributed by atoms with Crippen LogP contribution >= 0.6 is 0 Å². The summed E-state index contributed by atoms with van der Waals surface area (Å²) in [5, 5.41) is 0. The van der Waals surface area contributed by atoms with Crippen molar-refractivity contribution in [3.05, 3.63) is 29.6 Å². The molecule has 5 nitrogen and oxygen atoms in total. The lowest BCUT2D eigenvalue weighted by Crippen LogP contribution is -2.60. The van der Waals surface area contributed by atoms with Crippen LogP contribution in [0.1, 0.15) is 62.0 Å².